The quantitative estimate of drug-likeness (QED) is 0.749. The summed E-state index contributed by atoms with van der Waals surface area (Å²) in [6.45, 7) is 1.01. The number of piperidine rings is 1. The molecule has 98 valence electrons. The van der Waals surface area contributed by atoms with Crippen LogP contribution in [-0.4, -0.2) is 36.5 Å². The molecular weight excluding hydrogens is 212 g/mol. The highest BCUT2D eigenvalue weighted by atomic mass is 16.2. The molecule has 1 saturated carbocycles. The van der Waals surface area contributed by atoms with Crippen LogP contribution in [0.3, 0.4) is 0 Å². The number of amides is 1. The van der Waals surface area contributed by atoms with E-state index in [9.17, 15) is 4.79 Å². The minimum atomic E-state index is 0.0944. The van der Waals surface area contributed by atoms with Gasteiger partial charge in [-0.25, -0.2) is 0 Å². The van der Waals surface area contributed by atoms with Gasteiger partial charge in [0.15, 0.2) is 0 Å². The molecule has 17 heavy (non-hydrogen) atoms. The number of likely N-dealkylation sites (N-methyl/N-ethyl adjacent to an activating group) is 1. The second kappa shape index (κ2) is 6.39. The van der Waals surface area contributed by atoms with Crippen molar-refractivity contribution in [3.05, 3.63) is 0 Å². The van der Waals surface area contributed by atoms with Crippen LogP contribution in [0, 0.1) is 0 Å². The maximum Gasteiger partial charge on any atom is 0.239 e. The van der Waals surface area contributed by atoms with Crippen molar-refractivity contribution in [2.75, 3.05) is 13.6 Å². The third-order valence-electron chi connectivity index (χ3n) is 4.33. The van der Waals surface area contributed by atoms with Crippen molar-refractivity contribution in [1.29, 1.82) is 0 Å². The van der Waals surface area contributed by atoms with Gasteiger partial charge in [0.1, 0.15) is 0 Å². The number of carbonyl (C=O) groups is 1. The van der Waals surface area contributed by atoms with E-state index in [1.54, 1.807) is 0 Å². The van der Waals surface area contributed by atoms with E-state index < -0.39 is 0 Å². The lowest BCUT2D eigenvalue weighted by molar-refractivity contribution is -0.135. The predicted octanol–water partition coefficient (Wildman–Crippen LogP) is 2.31. The Morgan fingerprint density at radius 2 is 1.65 bits per heavy atom. The van der Waals surface area contributed by atoms with Crippen molar-refractivity contribution in [1.82, 2.24) is 10.2 Å². The fourth-order valence-electron chi connectivity index (χ4n) is 3.13. The summed E-state index contributed by atoms with van der Waals surface area (Å²) in [6.07, 6.45) is 11.1. The standard InChI is InChI=1S/C14H26N2O/c1-16(12-8-4-2-3-5-9-12)14(17)13-10-6-7-11-15-13/h12-13,15H,2-11H2,1H3. The second-order valence-corrected chi connectivity index (χ2v) is 5.60. The van der Waals surface area contributed by atoms with Gasteiger partial charge in [-0.15, -0.1) is 0 Å². The summed E-state index contributed by atoms with van der Waals surface area (Å²) in [5.41, 5.74) is 0. The van der Waals surface area contributed by atoms with E-state index in [2.05, 4.69) is 5.32 Å². The molecule has 1 N–H and O–H groups in total. The normalized spacial score (nSPS) is 27.5. The highest BCUT2D eigenvalue weighted by molar-refractivity contribution is 5.82. The molecule has 3 nitrogen and oxygen atoms in total. The molecule has 3 heteroatoms. The Bertz CT molecular complexity index is 241. The number of hydrogen-bond acceptors (Lipinski definition) is 2. The molecular formula is C14H26N2O. The molecule has 0 radical (unpaired) electrons. The highest BCUT2D eigenvalue weighted by Gasteiger charge is 2.27. The third kappa shape index (κ3) is 3.44. The van der Waals surface area contributed by atoms with Crippen molar-refractivity contribution in [2.24, 2.45) is 0 Å². The fourth-order valence-corrected chi connectivity index (χ4v) is 3.13. The van der Waals surface area contributed by atoms with Gasteiger partial charge in [-0.1, -0.05) is 32.1 Å². The first-order chi connectivity index (χ1) is 8.29. The van der Waals surface area contributed by atoms with Crippen LogP contribution in [0.1, 0.15) is 57.8 Å². The average molecular weight is 238 g/mol. The van der Waals surface area contributed by atoms with Crippen molar-refractivity contribution in [2.45, 2.75) is 69.9 Å². The van der Waals surface area contributed by atoms with Crippen LogP contribution in [0.4, 0.5) is 0 Å². The first kappa shape index (κ1) is 12.9. The molecule has 0 aromatic rings. The van der Waals surface area contributed by atoms with Crippen LogP contribution in [0.15, 0.2) is 0 Å². The molecule has 0 spiro atoms. The molecule has 1 heterocycles. The lowest BCUT2D eigenvalue weighted by Crippen LogP contribution is -2.50. The van der Waals surface area contributed by atoms with Crippen LogP contribution < -0.4 is 5.32 Å². The van der Waals surface area contributed by atoms with E-state index in [0.717, 1.165) is 13.0 Å². The zero-order valence-electron chi connectivity index (χ0n) is 11.1. The number of nitrogens with one attached hydrogen (secondary N) is 1. The highest BCUT2D eigenvalue weighted by Crippen LogP contribution is 2.22. The summed E-state index contributed by atoms with van der Waals surface area (Å²) >= 11 is 0. The molecule has 2 rings (SSSR count). The number of hydrogen-bond donors (Lipinski definition) is 1. The van der Waals surface area contributed by atoms with E-state index >= 15 is 0 Å². The third-order valence-corrected chi connectivity index (χ3v) is 4.33. The first-order valence-corrected chi connectivity index (χ1v) is 7.29. The fraction of sp³-hybridized carbons (Fsp3) is 0.929. The van der Waals surface area contributed by atoms with Gasteiger partial charge in [-0.2, -0.15) is 0 Å². The SMILES string of the molecule is CN(C(=O)C1CCCCN1)C1CCCCCC1. The molecule has 1 aliphatic carbocycles. The summed E-state index contributed by atoms with van der Waals surface area (Å²) in [5.74, 6) is 0.330. The Kier molecular flexibility index (Phi) is 4.84. The van der Waals surface area contributed by atoms with Gasteiger partial charge >= 0.3 is 0 Å². The molecule has 1 aliphatic heterocycles. The van der Waals surface area contributed by atoms with Crippen molar-refractivity contribution in [3.63, 3.8) is 0 Å². The smallest absolute Gasteiger partial charge is 0.239 e. The Morgan fingerprint density at radius 3 is 2.24 bits per heavy atom. The van der Waals surface area contributed by atoms with Crippen LogP contribution in [0.2, 0.25) is 0 Å². The van der Waals surface area contributed by atoms with Crippen LogP contribution in [0.5, 0.6) is 0 Å². The molecule has 1 saturated heterocycles. The van der Waals surface area contributed by atoms with Gasteiger partial charge in [-0.3, -0.25) is 4.79 Å². The van der Waals surface area contributed by atoms with E-state index in [0.29, 0.717) is 11.9 Å². The van der Waals surface area contributed by atoms with Crippen molar-refractivity contribution < 1.29 is 4.79 Å². The zero-order chi connectivity index (χ0) is 12.1. The number of carbonyl (C=O) groups excluding carboxylic acids is 1. The topological polar surface area (TPSA) is 32.3 Å². The minimum absolute atomic E-state index is 0.0944. The molecule has 1 unspecified atom stereocenters. The van der Waals surface area contributed by atoms with Crippen molar-refractivity contribution in [3.8, 4) is 0 Å². The maximum absolute atomic E-state index is 12.4. The Morgan fingerprint density at radius 1 is 1.00 bits per heavy atom. The van der Waals surface area contributed by atoms with E-state index in [4.69, 9.17) is 0 Å². The summed E-state index contributed by atoms with van der Waals surface area (Å²) in [7, 11) is 2.01. The van der Waals surface area contributed by atoms with Gasteiger partial charge in [-0.05, 0) is 32.2 Å². The summed E-state index contributed by atoms with van der Waals surface area (Å²) in [4.78, 5) is 14.4. The van der Waals surface area contributed by atoms with Crippen LogP contribution >= 0.6 is 0 Å². The van der Waals surface area contributed by atoms with Gasteiger partial charge in [0, 0.05) is 13.1 Å². The van der Waals surface area contributed by atoms with Crippen molar-refractivity contribution >= 4 is 5.91 Å². The van der Waals surface area contributed by atoms with Gasteiger partial charge in [0.25, 0.3) is 0 Å². The molecule has 2 fully saturated rings. The molecule has 0 aromatic carbocycles. The molecule has 0 bridgehead atoms. The van der Waals surface area contributed by atoms with Gasteiger partial charge < -0.3 is 10.2 Å². The minimum Gasteiger partial charge on any atom is -0.341 e. The molecule has 0 aromatic heterocycles. The van der Waals surface area contributed by atoms with E-state index in [-0.39, 0.29) is 6.04 Å². The number of nitrogens with zero attached hydrogens (tertiary/aromatic N) is 1. The maximum atomic E-state index is 12.4. The van der Waals surface area contributed by atoms with Crippen LogP contribution in [0.25, 0.3) is 0 Å². The van der Waals surface area contributed by atoms with E-state index in [1.807, 2.05) is 11.9 Å². The summed E-state index contributed by atoms with van der Waals surface area (Å²) in [6, 6.07) is 0.589. The average Bonchev–Trinajstić information content (AvgIpc) is 2.67. The summed E-state index contributed by atoms with van der Waals surface area (Å²) < 4.78 is 0. The van der Waals surface area contributed by atoms with Gasteiger partial charge in [0.2, 0.25) is 5.91 Å². The Hall–Kier alpha value is -0.570. The van der Waals surface area contributed by atoms with E-state index in [1.165, 1.54) is 51.4 Å². The Balaban J connectivity index is 1.88. The predicted molar refractivity (Wildman–Crippen MR) is 69.9 cm³/mol. The number of rotatable bonds is 2. The molecule has 2 aliphatic rings. The Labute approximate surface area is 105 Å². The van der Waals surface area contributed by atoms with Crippen LogP contribution in [-0.2, 0) is 4.79 Å². The monoisotopic (exact) mass is 238 g/mol. The summed E-state index contributed by atoms with van der Waals surface area (Å²) in [5, 5.41) is 3.36. The zero-order valence-corrected chi connectivity index (χ0v) is 11.1. The molecule has 1 atom stereocenters. The lowest BCUT2D eigenvalue weighted by Gasteiger charge is -2.32. The largest absolute Gasteiger partial charge is 0.341 e. The lowest BCUT2D eigenvalue weighted by atomic mass is 10.0. The molecule has 1 amide bonds. The first-order valence-electron chi connectivity index (χ1n) is 7.29. The second-order valence-electron chi connectivity index (χ2n) is 5.60. The van der Waals surface area contributed by atoms with Gasteiger partial charge in [0.05, 0.1) is 6.04 Å².